The lowest BCUT2D eigenvalue weighted by atomic mass is 9.85. The molecule has 1 heterocycles. The molecule has 1 aromatic heterocycles. The first-order chi connectivity index (χ1) is 12.1. The molecule has 1 amide bonds. The maximum Gasteiger partial charge on any atom is 0.281 e. The third kappa shape index (κ3) is 3.87. The Morgan fingerprint density at radius 2 is 1.56 bits per heavy atom. The molecule has 0 aliphatic heterocycles. The van der Waals surface area contributed by atoms with Gasteiger partial charge in [-0.15, -0.1) is 11.3 Å². The Morgan fingerprint density at radius 3 is 2.04 bits per heavy atom. The van der Waals surface area contributed by atoms with Crippen molar-refractivity contribution in [1.82, 2.24) is 5.43 Å². The number of thiophene rings is 1. The van der Waals surface area contributed by atoms with Crippen molar-refractivity contribution in [3.63, 3.8) is 0 Å². The number of hydrogen-bond donors (Lipinski definition) is 2. The highest BCUT2D eigenvalue weighted by molar-refractivity contribution is 9.11. The van der Waals surface area contributed by atoms with Gasteiger partial charge in [0.1, 0.15) is 0 Å². The lowest BCUT2D eigenvalue weighted by Gasteiger charge is -2.26. The van der Waals surface area contributed by atoms with E-state index < -0.39 is 11.5 Å². The summed E-state index contributed by atoms with van der Waals surface area (Å²) in [5.41, 5.74) is 1.59. The number of rotatable bonds is 5. The van der Waals surface area contributed by atoms with Crippen molar-refractivity contribution in [2.75, 3.05) is 0 Å². The lowest BCUT2D eigenvalue weighted by Crippen LogP contribution is -2.43. The fourth-order valence-electron chi connectivity index (χ4n) is 2.42. The van der Waals surface area contributed by atoms with E-state index in [-0.39, 0.29) is 0 Å². The maximum absolute atomic E-state index is 12.8. The van der Waals surface area contributed by atoms with Gasteiger partial charge >= 0.3 is 0 Å². The summed E-state index contributed by atoms with van der Waals surface area (Å²) in [6.45, 7) is 0. The Hall–Kier alpha value is -2.28. The van der Waals surface area contributed by atoms with Crippen molar-refractivity contribution in [1.29, 1.82) is 0 Å². The molecule has 6 heteroatoms. The largest absolute Gasteiger partial charge is 0.372 e. The molecule has 0 bridgehead atoms. The van der Waals surface area contributed by atoms with Crippen LogP contribution in [0.3, 0.4) is 0 Å². The predicted octanol–water partition coefficient (Wildman–Crippen LogP) is 3.90. The standard InChI is InChI=1S/C19H15BrN2O2S/c20-17-12-11-16(25-17)13-21-22-18(23)19(24,14-7-3-1-4-8-14)15-9-5-2-6-10-15/h1-13,24H,(H,22,23). The van der Waals surface area contributed by atoms with E-state index in [4.69, 9.17) is 0 Å². The highest BCUT2D eigenvalue weighted by Crippen LogP contribution is 2.29. The van der Waals surface area contributed by atoms with Crippen LogP contribution in [-0.2, 0) is 10.4 Å². The molecular weight excluding hydrogens is 400 g/mol. The second kappa shape index (κ2) is 7.74. The van der Waals surface area contributed by atoms with Gasteiger partial charge in [-0.1, -0.05) is 60.7 Å². The lowest BCUT2D eigenvalue weighted by molar-refractivity contribution is -0.136. The average Bonchev–Trinajstić information content (AvgIpc) is 3.07. The molecule has 0 fully saturated rings. The van der Waals surface area contributed by atoms with Crippen LogP contribution in [0, 0.1) is 0 Å². The van der Waals surface area contributed by atoms with Crippen molar-refractivity contribution in [2.45, 2.75) is 5.60 Å². The van der Waals surface area contributed by atoms with Gasteiger partial charge in [0, 0.05) is 4.88 Å². The first-order valence-electron chi connectivity index (χ1n) is 7.53. The van der Waals surface area contributed by atoms with Crippen LogP contribution >= 0.6 is 27.3 Å². The van der Waals surface area contributed by atoms with Crippen molar-refractivity contribution in [3.05, 3.63) is 92.6 Å². The van der Waals surface area contributed by atoms with Gasteiger partial charge in [0.15, 0.2) is 5.60 Å². The Balaban J connectivity index is 1.89. The molecule has 0 aliphatic rings. The smallest absolute Gasteiger partial charge is 0.281 e. The number of benzene rings is 2. The van der Waals surface area contributed by atoms with Crippen LogP contribution in [0.25, 0.3) is 0 Å². The summed E-state index contributed by atoms with van der Waals surface area (Å²) >= 11 is 4.87. The summed E-state index contributed by atoms with van der Waals surface area (Å²) in [5, 5.41) is 15.2. The van der Waals surface area contributed by atoms with Gasteiger partial charge in [-0.2, -0.15) is 5.10 Å². The third-order valence-corrected chi connectivity index (χ3v) is 5.22. The molecule has 0 aliphatic carbocycles. The van der Waals surface area contributed by atoms with Crippen LogP contribution in [0.4, 0.5) is 0 Å². The molecule has 25 heavy (non-hydrogen) atoms. The van der Waals surface area contributed by atoms with E-state index in [0.29, 0.717) is 11.1 Å². The van der Waals surface area contributed by atoms with Gasteiger partial charge in [0.2, 0.25) is 0 Å². The molecule has 0 unspecified atom stereocenters. The number of hydrazone groups is 1. The summed E-state index contributed by atoms with van der Waals surface area (Å²) < 4.78 is 0.977. The van der Waals surface area contributed by atoms with Crippen LogP contribution in [0.15, 0.2) is 81.7 Å². The van der Waals surface area contributed by atoms with Crippen molar-refractivity contribution >= 4 is 39.4 Å². The van der Waals surface area contributed by atoms with E-state index in [1.165, 1.54) is 11.3 Å². The fourth-order valence-corrected chi connectivity index (χ4v) is 3.72. The number of carbonyl (C=O) groups excluding carboxylic acids is 1. The minimum absolute atomic E-state index is 0.479. The van der Waals surface area contributed by atoms with Gasteiger partial charge in [0.25, 0.3) is 5.91 Å². The number of nitrogens with one attached hydrogen (secondary N) is 1. The topological polar surface area (TPSA) is 61.7 Å². The summed E-state index contributed by atoms with van der Waals surface area (Å²) in [7, 11) is 0. The SMILES string of the molecule is O=C(NN=Cc1ccc(Br)s1)C(O)(c1ccccc1)c1ccccc1. The Bertz CT molecular complexity index is 839. The van der Waals surface area contributed by atoms with Crippen LogP contribution in [0.2, 0.25) is 0 Å². The summed E-state index contributed by atoms with van der Waals surface area (Å²) in [6, 6.07) is 21.4. The molecule has 0 saturated carbocycles. The predicted molar refractivity (Wildman–Crippen MR) is 104 cm³/mol. The first kappa shape index (κ1) is 17.5. The fraction of sp³-hybridized carbons (Fsp3) is 0.0526. The molecule has 0 atom stereocenters. The second-order valence-corrected chi connectivity index (χ2v) is 7.78. The second-order valence-electron chi connectivity index (χ2n) is 5.28. The van der Waals surface area contributed by atoms with Crippen LogP contribution < -0.4 is 5.43 Å². The number of halogens is 1. The van der Waals surface area contributed by atoms with Crippen LogP contribution in [-0.4, -0.2) is 17.2 Å². The molecule has 3 rings (SSSR count). The van der Waals surface area contributed by atoms with Gasteiger partial charge in [0.05, 0.1) is 10.0 Å². The zero-order chi connectivity index (χ0) is 17.7. The van der Waals surface area contributed by atoms with Crippen molar-refractivity contribution in [2.24, 2.45) is 5.10 Å². The Morgan fingerprint density at radius 1 is 1.00 bits per heavy atom. The molecule has 0 radical (unpaired) electrons. The Labute approximate surface area is 158 Å². The molecule has 2 N–H and O–H groups in total. The number of hydrogen-bond acceptors (Lipinski definition) is 4. The zero-order valence-electron chi connectivity index (χ0n) is 13.1. The highest BCUT2D eigenvalue weighted by atomic mass is 79.9. The highest BCUT2D eigenvalue weighted by Gasteiger charge is 2.39. The van der Waals surface area contributed by atoms with Crippen molar-refractivity contribution < 1.29 is 9.90 Å². The van der Waals surface area contributed by atoms with E-state index in [9.17, 15) is 9.90 Å². The van der Waals surface area contributed by atoms with Gasteiger partial charge in [-0.25, -0.2) is 5.43 Å². The Kier molecular flexibility index (Phi) is 5.43. The zero-order valence-corrected chi connectivity index (χ0v) is 15.5. The average molecular weight is 415 g/mol. The normalized spacial score (nSPS) is 11.6. The van der Waals surface area contributed by atoms with E-state index in [1.54, 1.807) is 54.7 Å². The minimum atomic E-state index is -1.82. The molecule has 4 nitrogen and oxygen atoms in total. The maximum atomic E-state index is 12.8. The monoisotopic (exact) mass is 414 g/mol. The van der Waals surface area contributed by atoms with E-state index in [0.717, 1.165) is 8.66 Å². The summed E-state index contributed by atoms with van der Waals surface area (Å²) in [4.78, 5) is 13.7. The van der Waals surface area contributed by atoms with E-state index in [1.807, 2.05) is 24.3 Å². The van der Waals surface area contributed by atoms with Crippen LogP contribution in [0.5, 0.6) is 0 Å². The molecule has 0 saturated heterocycles. The van der Waals surface area contributed by atoms with Gasteiger partial charge < -0.3 is 5.11 Å². The first-order valence-corrected chi connectivity index (χ1v) is 9.14. The van der Waals surface area contributed by atoms with E-state index in [2.05, 4.69) is 26.5 Å². The molecule has 2 aromatic carbocycles. The molecule has 0 spiro atoms. The minimum Gasteiger partial charge on any atom is -0.372 e. The number of aliphatic hydroxyl groups is 1. The van der Waals surface area contributed by atoms with Gasteiger partial charge in [-0.3, -0.25) is 4.79 Å². The van der Waals surface area contributed by atoms with Crippen molar-refractivity contribution in [3.8, 4) is 0 Å². The molecular formula is C19H15BrN2O2S. The third-order valence-electron chi connectivity index (χ3n) is 3.66. The van der Waals surface area contributed by atoms with E-state index >= 15 is 0 Å². The molecule has 3 aromatic rings. The number of amides is 1. The number of nitrogens with zero attached hydrogens (tertiary/aromatic N) is 1. The molecule has 126 valence electrons. The summed E-state index contributed by atoms with van der Waals surface area (Å²) in [6.07, 6.45) is 1.55. The summed E-state index contributed by atoms with van der Waals surface area (Å²) in [5.74, 6) is -0.614. The van der Waals surface area contributed by atoms with Gasteiger partial charge in [-0.05, 0) is 39.2 Å². The quantitative estimate of drug-likeness (QED) is 0.491. The number of carbonyl (C=O) groups is 1. The van der Waals surface area contributed by atoms with Crippen LogP contribution in [0.1, 0.15) is 16.0 Å².